The molecule has 0 amide bonds. The van der Waals surface area contributed by atoms with Gasteiger partial charge in [0, 0.05) is 15.8 Å². The van der Waals surface area contributed by atoms with Gasteiger partial charge in [-0.15, -0.1) is 0 Å². The molecule has 0 spiro atoms. The first-order valence-corrected chi connectivity index (χ1v) is 12.6. The third-order valence-corrected chi connectivity index (χ3v) is 8.74. The zero-order valence-electron chi connectivity index (χ0n) is 17.2. The maximum absolute atomic E-state index is 13.4. The Labute approximate surface area is 182 Å². The lowest BCUT2D eigenvalue weighted by atomic mass is 9.69. The Balaban J connectivity index is 2.30. The minimum absolute atomic E-state index is 0.0350. The summed E-state index contributed by atoms with van der Waals surface area (Å²) in [6.45, 7) is 4.08. The molecule has 1 unspecified atom stereocenters. The summed E-state index contributed by atoms with van der Waals surface area (Å²) in [4.78, 5) is 0.319. The lowest BCUT2D eigenvalue weighted by Crippen LogP contribution is -2.42. The molecule has 2 aromatic carbocycles. The van der Waals surface area contributed by atoms with Gasteiger partial charge in [-0.05, 0) is 54.3 Å². The Morgan fingerprint density at radius 3 is 2.62 bits per heavy atom. The Hall–Kier alpha value is -1.37. The Kier molecular flexibility index (Phi) is 6.76. The SMILES string of the molecule is CCCC[C@]1(CC)CS(=O)(=O)c2ccc(Br)cc2[C@H](c2cccc(OC)c2)C1O. The van der Waals surface area contributed by atoms with E-state index in [1.165, 1.54) is 0 Å². The Morgan fingerprint density at radius 1 is 1.21 bits per heavy atom. The molecule has 0 fully saturated rings. The number of rotatable bonds is 6. The van der Waals surface area contributed by atoms with Crippen LogP contribution in [0.5, 0.6) is 5.75 Å². The Bertz CT molecular complexity index is 973. The van der Waals surface area contributed by atoms with Gasteiger partial charge >= 0.3 is 0 Å². The van der Waals surface area contributed by atoms with Crippen LogP contribution in [0.25, 0.3) is 0 Å². The van der Waals surface area contributed by atoms with Crippen molar-refractivity contribution in [3.05, 3.63) is 58.1 Å². The van der Waals surface area contributed by atoms with Crippen molar-refractivity contribution in [3.63, 3.8) is 0 Å². The molecular weight excluding hydrogens is 452 g/mol. The van der Waals surface area contributed by atoms with E-state index in [-0.39, 0.29) is 5.75 Å². The van der Waals surface area contributed by atoms with Crippen LogP contribution in [-0.4, -0.2) is 32.5 Å². The van der Waals surface area contributed by atoms with Gasteiger partial charge in [-0.3, -0.25) is 0 Å². The first-order chi connectivity index (χ1) is 13.8. The lowest BCUT2D eigenvalue weighted by molar-refractivity contribution is 0.0173. The van der Waals surface area contributed by atoms with E-state index in [4.69, 9.17) is 4.74 Å². The van der Waals surface area contributed by atoms with Crippen LogP contribution in [0.3, 0.4) is 0 Å². The number of benzene rings is 2. The number of hydrogen-bond acceptors (Lipinski definition) is 4. The second-order valence-electron chi connectivity index (χ2n) is 7.96. The molecular formula is C23H29BrO4S. The van der Waals surface area contributed by atoms with E-state index < -0.39 is 27.3 Å². The van der Waals surface area contributed by atoms with Crippen LogP contribution in [0, 0.1) is 5.41 Å². The second kappa shape index (κ2) is 8.78. The summed E-state index contributed by atoms with van der Waals surface area (Å²) >= 11 is 3.49. The fourth-order valence-electron chi connectivity index (χ4n) is 4.54. The molecule has 3 rings (SSSR count). The van der Waals surface area contributed by atoms with Gasteiger partial charge in [0.05, 0.1) is 23.9 Å². The maximum atomic E-state index is 13.4. The van der Waals surface area contributed by atoms with Crippen molar-refractivity contribution in [2.24, 2.45) is 5.41 Å². The fraction of sp³-hybridized carbons (Fsp3) is 0.478. The van der Waals surface area contributed by atoms with Gasteiger partial charge in [0.15, 0.2) is 9.84 Å². The van der Waals surface area contributed by atoms with Crippen LogP contribution in [0.2, 0.25) is 0 Å². The van der Waals surface area contributed by atoms with Crippen LogP contribution in [0.15, 0.2) is 51.8 Å². The van der Waals surface area contributed by atoms with E-state index in [9.17, 15) is 13.5 Å². The lowest BCUT2D eigenvalue weighted by Gasteiger charge is -2.39. The normalized spacial score (nSPS) is 25.8. The number of fused-ring (bicyclic) bond motifs is 1. The third-order valence-electron chi connectivity index (χ3n) is 6.25. The van der Waals surface area contributed by atoms with Crippen molar-refractivity contribution in [1.82, 2.24) is 0 Å². The predicted molar refractivity (Wildman–Crippen MR) is 119 cm³/mol. The number of methoxy groups -OCH3 is 1. The highest BCUT2D eigenvalue weighted by Gasteiger charge is 2.48. The first-order valence-electron chi connectivity index (χ1n) is 10.1. The molecule has 0 radical (unpaired) electrons. The van der Waals surface area contributed by atoms with Crippen LogP contribution in [-0.2, 0) is 9.84 Å². The average Bonchev–Trinajstić information content (AvgIpc) is 2.77. The van der Waals surface area contributed by atoms with E-state index in [0.717, 1.165) is 22.9 Å². The van der Waals surface area contributed by atoms with Crippen molar-refractivity contribution in [2.45, 2.75) is 56.4 Å². The summed E-state index contributed by atoms with van der Waals surface area (Å²) in [7, 11) is -1.94. The molecule has 1 heterocycles. The molecule has 1 N–H and O–H groups in total. The largest absolute Gasteiger partial charge is 0.497 e. The van der Waals surface area contributed by atoms with E-state index in [1.807, 2.05) is 37.3 Å². The summed E-state index contributed by atoms with van der Waals surface area (Å²) in [5, 5.41) is 11.8. The summed E-state index contributed by atoms with van der Waals surface area (Å²) in [5.74, 6) is 0.202. The quantitative estimate of drug-likeness (QED) is 0.606. The molecule has 1 aliphatic heterocycles. The van der Waals surface area contributed by atoms with Crippen molar-refractivity contribution in [3.8, 4) is 5.75 Å². The first kappa shape index (κ1) is 22.3. The minimum Gasteiger partial charge on any atom is -0.497 e. The smallest absolute Gasteiger partial charge is 0.179 e. The van der Waals surface area contributed by atoms with Crippen molar-refractivity contribution in [2.75, 3.05) is 12.9 Å². The van der Waals surface area contributed by atoms with Crippen LogP contribution in [0.4, 0.5) is 0 Å². The van der Waals surface area contributed by atoms with Crippen LogP contribution in [0.1, 0.15) is 56.6 Å². The van der Waals surface area contributed by atoms with E-state index in [2.05, 4.69) is 22.9 Å². The number of hydrogen-bond donors (Lipinski definition) is 1. The highest BCUT2D eigenvalue weighted by atomic mass is 79.9. The highest BCUT2D eigenvalue weighted by molar-refractivity contribution is 9.10. The summed E-state index contributed by atoms with van der Waals surface area (Å²) in [6, 6.07) is 12.9. The van der Waals surface area contributed by atoms with Gasteiger partial charge in [0.2, 0.25) is 0 Å². The predicted octanol–water partition coefficient (Wildman–Crippen LogP) is 5.32. The number of aliphatic hydroxyl groups is 1. The zero-order chi connectivity index (χ0) is 21.2. The fourth-order valence-corrected chi connectivity index (χ4v) is 7.18. The standard InChI is InChI=1S/C23H29BrO4S/c1-4-6-12-23(5-2)15-29(26,27)20-11-10-17(24)14-19(20)21(22(23)25)16-8-7-9-18(13-16)28-3/h7-11,13-14,21-22,25H,4-6,12,15H2,1-3H3/t21-,22?,23+/m0/s1. The van der Waals surface area contributed by atoms with E-state index in [1.54, 1.807) is 19.2 Å². The van der Waals surface area contributed by atoms with Gasteiger partial charge in [0.1, 0.15) is 5.75 Å². The van der Waals surface area contributed by atoms with E-state index >= 15 is 0 Å². The van der Waals surface area contributed by atoms with Gasteiger partial charge in [-0.25, -0.2) is 8.42 Å². The van der Waals surface area contributed by atoms with Crippen molar-refractivity contribution >= 4 is 25.8 Å². The number of halogens is 1. The summed E-state index contributed by atoms with van der Waals surface area (Å²) in [5.41, 5.74) is 0.809. The average molecular weight is 481 g/mol. The van der Waals surface area contributed by atoms with E-state index in [0.29, 0.717) is 29.1 Å². The van der Waals surface area contributed by atoms with Crippen LogP contribution < -0.4 is 4.74 Å². The zero-order valence-corrected chi connectivity index (χ0v) is 19.6. The van der Waals surface area contributed by atoms with Crippen molar-refractivity contribution < 1.29 is 18.3 Å². The molecule has 158 valence electrons. The monoisotopic (exact) mass is 480 g/mol. The molecule has 2 aromatic rings. The Morgan fingerprint density at radius 2 is 1.97 bits per heavy atom. The molecule has 0 saturated heterocycles. The van der Waals surface area contributed by atoms with Gasteiger partial charge in [-0.1, -0.05) is 54.8 Å². The molecule has 0 bridgehead atoms. The second-order valence-corrected chi connectivity index (χ2v) is 10.8. The summed E-state index contributed by atoms with van der Waals surface area (Å²) < 4.78 is 33.1. The number of aliphatic hydroxyl groups excluding tert-OH is 1. The van der Waals surface area contributed by atoms with Gasteiger partial charge < -0.3 is 9.84 Å². The molecule has 29 heavy (non-hydrogen) atoms. The number of ether oxygens (including phenoxy) is 1. The number of sulfone groups is 1. The summed E-state index contributed by atoms with van der Waals surface area (Å²) in [6.07, 6.45) is 2.29. The molecule has 3 atom stereocenters. The molecule has 0 aliphatic carbocycles. The topological polar surface area (TPSA) is 63.6 Å². The number of unbranched alkanes of at least 4 members (excludes halogenated alkanes) is 1. The van der Waals surface area contributed by atoms with Crippen LogP contribution >= 0.6 is 15.9 Å². The maximum Gasteiger partial charge on any atom is 0.179 e. The third kappa shape index (κ3) is 4.25. The van der Waals surface area contributed by atoms with Crippen molar-refractivity contribution in [1.29, 1.82) is 0 Å². The van der Waals surface area contributed by atoms with Gasteiger partial charge in [0.25, 0.3) is 0 Å². The molecule has 0 saturated carbocycles. The molecule has 4 nitrogen and oxygen atoms in total. The van der Waals surface area contributed by atoms with Gasteiger partial charge in [-0.2, -0.15) is 0 Å². The molecule has 1 aliphatic rings. The molecule has 6 heteroatoms. The highest BCUT2D eigenvalue weighted by Crippen LogP contribution is 2.49. The molecule has 0 aromatic heterocycles. The minimum atomic E-state index is -3.55.